The van der Waals surface area contributed by atoms with E-state index in [4.69, 9.17) is 9.15 Å². The highest BCUT2D eigenvalue weighted by atomic mass is 19.1. The predicted octanol–water partition coefficient (Wildman–Crippen LogP) is 4.53. The average Bonchev–Trinajstić information content (AvgIpc) is 3.44. The van der Waals surface area contributed by atoms with Gasteiger partial charge in [0.05, 0.1) is 25.6 Å². The Morgan fingerprint density at radius 3 is 2.77 bits per heavy atom. The van der Waals surface area contributed by atoms with E-state index < -0.39 is 0 Å². The van der Waals surface area contributed by atoms with Gasteiger partial charge in [0.25, 0.3) is 5.91 Å². The normalized spacial score (nSPS) is 15.8. The van der Waals surface area contributed by atoms with Crippen LogP contribution in [0, 0.1) is 12.7 Å². The van der Waals surface area contributed by atoms with E-state index >= 15 is 0 Å². The SMILES string of the molecule is COc1ccc(C2=NN(C(=O)CNc3cc(F)ccc3C)[C@@H](c3ccco3)C2)cc1. The number of amides is 1. The summed E-state index contributed by atoms with van der Waals surface area (Å²) in [5, 5.41) is 9.05. The van der Waals surface area contributed by atoms with Crippen molar-refractivity contribution in [1.82, 2.24) is 5.01 Å². The molecule has 1 aliphatic heterocycles. The van der Waals surface area contributed by atoms with Crippen LogP contribution in [-0.2, 0) is 4.79 Å². The molecule has 0 saturated heterocycles. The van der Waals surface area contributed by atoms with E-state index in [1.165, 1.54) is 17.1 Å². The molecule has 1 aliphatic rings. The van der Waals surface area contributed by atoms with Gasteiger partial charge in [-0.15, -0.1) is 0 Å². The number of halogens is 1. The second kappa shape index (κ2) is 8.41. The van der Waals surface area contributed by atoms with Gasteiger partial charge in [-0.1, -0.05) is 6.07 Å². The first-order valence-electron chi connectivity index (χ1n) is 9.62. The largest absolute Gasteiger partial charge is 0.497 e. The van der Waals surface area contributed by atoms with Crippen LogP contribution in [0.1, 0.15) is 29.3 Å². The average molecular weight is 407 g/mol. The highest BCUT2D eigenvalue weighted by Gasteiger charge is 2.34. The summed E-state index contributed by atoms with van der Waals surface area (Å²) in [6.45, 7) is 1.84. The van der Waals surface area contributed by atoms with E-state index in [-0.39, 0.29) is 24.3 Å². The molecule has 4 rings (SSSR count). The number of methoxy groups -OCH3 is 1. The van der Waals surface area contributed by atoms with Crippen molar-refractivity contribution >= 4 is 17.3 Å². The summed E-state index contributed by atoms with van der Waals surface area (Å²) in [5.74, 6) is 0.827. The van der Waals surface area contributed by atoms with Gasteiger partial charge in [0.2, 0.25) is 0 Å². The zero-order valence-electron chi connectivity index (χ0n) is 16.8. The summed E-state index contributed by atoms with van der Waals surface area (Å²) < 4.78 is 24.3. The summed E-state index contributed by atoms with van der Waals surface area (Å²) >= 11 is 0. The molecule has 3 aromatic rings. The Morgan fingerprint density at radius 2 is 2.07 bits per heavy atom. The highest BCUT2D eigenvalue weighted by molar-refractivity contribution is 6.03. The fourth-order valence-corrected chi connectivity index (χ4v) is 3.44. The van der Waals surface area contributed by atoms with Crippen molar-refractivity contribution in [3.8, 4) is 5.75 Å². The first-order chi connectivity index (χ1) is 14.5. The van der Waals surface area contributed by atoms with Crippen LogP contribution in [0.5, 0.6) is 5.75 Å². The minimum Gasteiger partial charge on any atom is -0.497 e. The number of carbonyl (C=O) groups excluding carboxylic acids is 1. The number of benzene rings is 2. The molecule has 0 saturated carbocycles. The summed E-state index contributed by atoms with van der Waals surface area (Å²) in [5.41, 5.74) is 3.14. The fourth-order valence-electron chi connectivity index (χ4n) is 3.44. The van der Waals surface area contributed by atoms with Crippen LogP contribution in [0.4, 0.5) is 10.1 Å². The summed E-state index contributed by atoms with van der Waals surface area (Å²) in [6, 6.07) is 15.3. The monoisotopic (exact) mass is 407 g/mol. The Kier molecular flexibility index (Phi) is 5.52. The third kappa shape index (κ3) is 4.05. The van der Waals surface area contributed by atoms with Gasteiger partial charge >= 0.3 is 0 Å². The van der Waals surface area contributed by atoms with E-state index in [2.05, 4.69) is 10.4 Å². The number of hydrazone groups is 1. The quantitative estimate of drug-likeness (QED) is 0.652. The van der Waals surface area contributed by atoms with Crippen LogP contribution < -0.4 is 10.1 Å². The number of furan rings is 1. The minimum atomic E-state index is -0.356. The van der Waals surface area contributed by atoms with Gasteiger partial charge in [0.1, 0.15) is 23.4 Å². The molecule has 0 bridgehead atoms. The van der Waals surface area contributed by atoms with E-state index in [1.807, 2.05) is 37.3 Å². The Labute approximate surface area is 174 Å². The van der Waals surface area contributed by atoms with Gasteiger partial charge in [-0.25, -0.2) is 9.40 Å². The molecule has 1 amide bonds. The van der Waals surface area contributed by atoms with E-state index in [1.54, 1.807) is 25.5 Å². The number of rotatable bonds is 6. The maximum Gasteiger partial charge on any atom is 0.262 e. The molecular formula is C23H22FN3O3. The van der Waals surface area contributed by atoms with Crippen molar-refractivity contribution in [2.45, 2.75) is 19.4 Å². The smallest absolute Gasteiger partial charge is 0.262 e. The topological polar surface area (TPSA) is 67.1 Å². The van der Waals surface area contributed by atoms with Crippen molar-refractivity contribution in [3.63, 3.8) is 0 Å². The van der Waals surface area contributed by atoms with Gasteiger partial charge in [-0.05, 0) is 66.6 Å². The number of hydrogen-bond donors (Lipinski definition) is 1. The van der Waals surface area contributed by atoms with E-state index in [9.17, 15) is 9.18 Å². The molecule has 1 N–H and O–H groups in total. The van der Waals surface area contributed by atoms with Gasteiger partial charge in [0, 0.05) is 12.1 Å². The molecule has 30 heavy (non-hydrogen) atoms. The van der Waals surface area contributed by atoms with Crippen LogP contribution in [0.3, 0.4) is 0 Å². The van der Waals surface area contributed by atoms with Crippen LogP contribution in [0.2, 0.25) is 0 Å². The molecule has 2 heterocycles. The second-order valence-corrected chi connectivity index (χ2v) is 7.06. The first-order valence-corrected chi connectivity index (χ1v) is 9.62. The zero-order chi connectivity index (χ0) is 21.1. The molecule has 154 valence electrons. The lowest BCUT2D eigenvalue weighted by Gasteiger charge is -2.20. The van der Waals surface area contributed by atoms with E-state index in [0.29, 0.717) is 17.9 Å². The van der Waals surface area contributed by atoms with Crippen molar-refractivity contribution in [3.05, 3.63) is 83.6 Å². The lowest BCUT2D eigenvalue weighted by atomic mass is 10.0. The van der Waals surface area contributed by atoms with Crippen LogP contribution >= 0.6 is 0 Å². The molecule has 0 aliphatic carbocycles. The van der Waals surface area contributed by atoms with Gasteiger partial charge < -0.3 is 14.5 Å². The molecule has 6 nitrogen and oxygen atoms in total. The molecule has 0 fully saturated rings. The Hall–Kier alpha value is -3.61. The zero-order valence-corrected chi connectivity index (χ0v) is 16.8. The third-order valence-corrected chi connectivity index (χ3v) is 5.09. The molecule has 2 aromatic carbocycles. The second-order valence-electron chi connectivity index (χ2n) is 7.06. The van der Waals surface area contributed by atoms with Gasteiger partial charge in [-0.2, -0.15) is 5.10 Å². The van der Waals surface area contributed by atoms with Crippen molar-refractivity contribution < 1.29 is 18.3 Å². The van der Waals surface area contributed by atoms with Crippen LogP contribution in [-0.4, -0.2) is 30.3 Å². The number of hydrogen-bond acceptors (Lipinski definition) is 5. The maximum atomic E-state index is 13.5. The number of ether oxygens (including phenoxy) is 1. The van der Waals surface area contributed by atoms with Crippen molar-refractivity contribution in [2.24, 2.45) is 5.10 Å². The lowest BCUT2D eigenvalue weighted by Crippen LogP contribution is -2.32. The standard InChI is InChI=1S/C23H22FN3O3/c1-15-5-8-17(24)12-19(15)25-14-23(28)27-21(22-4-3-11-30-22)13-20(26-27)16-6-9-18(29-2)10-7-16/h3-12,21,25H,13-14H2,1-2H3/t21-/m1/s1. The lowest BCUT2D eigenvalue weighted by molar-refractivity contribution is -0.131. The van der Waals surface area contributed by atoms with Crippen molar-refractivity contribution in [1.29, 1.82) is 0 Å². The third-order valence-electron chi connectivity index (χ3n) is 5.09. The Morgan fingerprint density at radius 1 is 1.27 bits per heavy atom. The number of nitrogens with zero attached hydrogens (tertiary/aromatic N) is 2. The number of carbonyl (C=O) groups is 1. The molecule has 0 spiro atoms. The molecule has 1 atom stereocenters. The predicted molar refractivity (Wildman–Crippen MR) is 112 cm³/mol. The summed E-state index contributed by atoms with van der Waals surface area (Å²) in [4.78, 5) is 13.0. The molecule has 0 radical (unpaired) electrons. The first kappa shape index (κ1) is 19.7. The summed E-state index contributed by atoms with van der Waals surface area (Å²) in [6.07, 6.45) is 2.11. The molecule has 7 heteroatoms. The van der Waals surface area contributed by atoms with Gasteiger partial charge in [-0.3, -0.25) is 4.79 Å². The Balaban J connectivity index is 1.56. The number of nitrogens with one attached hydrogen (secondary N) is 1. The summed E-state index contributed by atoms with van der Waals surface area (Å²) in [7, 11) is 1.61. The molecular weight excluding hydrogens is 385 g/mol. The van der Waals surface area contributed by atoms with Crippen molar-refractivity contribution in [2.75, 3.05) is 19.0 Å². The number of aryl methyl sites for hydroxylation is 1. The molecule has 1 aromatic heterocycles. The Bertz CT molecular complexity index is 1060. The van der Waals surface area contributed by atoms with Crippen LogP contribution in [0.15, 0.2) is 70.4 Å². The van der Waals surface area contributed by atoms with Crippen LogP contribution in [0.25, 0.3) is 0 Å². The van der Waals surface area contributed by atoms with Gasteiger partial charge in [0.15, 0.2) is 0 Å². The highest BCUT2D eigenvalue weighted by Crippen LogP contribution is 2.33. The fraction of sp³-hybridized carbons (Fsp3) is 0.217. The number of anilines is 1. The maximum absolute atomic E-state index is 13.5. The minimum absolute atomic E-state index is 0.0130. The van der Waals surface area contributed by atoms with E-state index in [0.717, 1.165) is 22.6 Å². The molecule has 0 unspecified atom stereocenters.